The van der Waals surface area contributed by atoms with Crippen LogP contribution in [0.1, 0.15) is 31.4 Å². The summed E-state index contributed by atoms with van der Waals surface area (Å²) in [4.78, 5) is 28.2. The number of carbonyl (C=O) groups excluding carboxylic acids is 2. The van der Waals surface area contributed by atoms with Gasteiger partial charge in [0.1, 0.15) is 12.6 Å². The van der Waals surface area contributed by atoms with E-state index in [0.717, 1.165) is 30.8 Å². The van der Waals surface area contributed by atoms with Gasteiger partial charge in [0, 0.05) is 22.0 Å². The van der Waals surface area contributed by atoms with Crippen molar-refractivity contribution in [2.45, 2.75) is 44.7 Å². The molecule has 0 spiro atoms. The Kier molecular flexibility index (Phi) is 10.5. The number of hydrogen-bond donors (Lipinski definition) is 1. The fourth-order valence-corrected chi connectivity index (χ4v) is 5.68. The number of nitrogens with zero attached hydrogens (tertiary/aromatic N) is 2. The van der Waals surface area contributed by atoms with Gasteiger partial charge in [0.25, 0.3) is 10.0 Å². The number of sulfonamides is 1. The van der Waals surface area contributed by atoms with Gasteiger partial charge in [-0.15, -0.1) is 0 Å². The Hall–Kier alpha value is -2.69. The minimum Gasteiger partial charge on any atom is -0.354 e. The number of halogens is 2. The van der Waals surface area contributed by atoms with Crippen molar-refractivity contribution in [1.29, 1.82) is 0 Å². The second kappa shape index (κ2) is 13.4. The molecule has 0 aliphatic heterocycles. The lowest BCUT2D eigenvalue weighted by atomic mass is 10.1. The first-order chi connectivity index (χ1) is 18.0. The molecule has 38 heavy (non-hydrogen) atoms. The van der Waals surface area contributed by atoms with Crippen molar-refractivity contribution in [3.63, 3.8) is 0 Å². The molecule has 0 fully saturated rings. The van der Waals surface area contributed by atoms with E-state index < -0.39 is 28.5 Å². The molecule has 7 nitrogen and oxygen atoms in total. The van der Waals surface area contributed by atoms with E-state index in [4.69, 9.17) is 0 Å². The Morgan fingerprint density at radius 2 is 1.45 bits per heavy atom. The number of rotatable bonds is 11. The van der Waals surface area contributed by atoms with Gasteiger partial charge in [0.05, 0.1) is 10.6 Å². The van der Waals surface area contributed by atoms with Crippen LogP contribution in [0.2, 0.25) is 0 Å². The third kappa shape index (κ3) is 7.68. The first kappa shape index (κ1) is 29.9. The van der Waals surface area contributed by atoms with E-state index in [1.807, 2.05) is 38.1 Å². The average molecular weight is 665 g/mol. The quantitative estimate of drug-likeness (QED) is 0.287. The molecule has 10 heteroatoms. The number of anilines is 1. The van der Waals surface area contributed by atoms with Crippen LogP contribution in [0, 0.1) is 6.92 Å². The number of amides is 2. The van der Waals surface area contributed by atoms with Gasteiger partial charge < -0.3 is 10.2 Å². The van der Waals surface area contributed by atoms with Crippen LogP contribution in [0.5, 0.6) is 0 Å². The van der Waals surface area contributed by atoms with Gasteiger partial charge in [0.2, 0.25) is 11.8 Å². The maximum atomic E-state index is 13.8. The minimum atomic E-state index is -4.09. The van der Waals surface area contributed by atoms with Gasteiger partial charge in [-0.25, -0.2) is 8.42 Å². The molecule has 1 atom stereocenters. The summed E-state index contributed by atoms with van der Waals surface area (Å²) in [5.74, 6) is -0.792. The zero-order chi connectivity index (χ0) is 27.9. The van der Waals surface area contributed by atoms with E-state index in [0.29, 0.717) is 12.2 Å². The van der Waals surface area contributed by atoms with Crippen molar-refractivity contribution < 1.29 is 18.0 Å². The average Bonchev–Trinajstić information content (AvgIpc) is 2.90. The van der Waals surface area contributed by atoms with Crippen molar-refractivity contribution in [1.82, 2.24) is 10.2 Å². The zero-order valence-corrected chi connectivity index (χ0v) is 25.5. The van der Waals surface area contributed by atoms with Gasteiger partial charge in [-0.05, 0) is 74.4 Å². The van der Waals surface area contributed by atoms with E-state index >= 15 is 0 Å². The van der Waals surface area contributed by atoms with Gasteiger partial charge in [-0.2, -0.15) is 0 Å². The molecule has 1 N–H and O–H groups in total. The third-order valence-corrected chi connectivity index (χ3v) is 8.83. The molecule has 3 aromatic carbocycles. The molecule has 0 aliphatic rings. The smallest absolute Gasteiger partial charge is 0.264 e. The van der Waals surface area contributed by atoms with Crippen LogP contribution in [0.15, 0.2) is 86.6 Å². The van der Waals surface area contributed by atoms with E-state index in [9.17, 15) is 18.0 Å². The molecular weight excluding hydrogens is 634 g/mol. The maximum Gasteiger partial charge on any atom is 0.264 e. The molecule has 0 aliphatic carbocycles. The van der Waals surface area contributed by atoms with Gasteiger partial charge in [0.15, 0.2) is 0 Å². The second-order valence-electron chi connectivity index (χ2n) is 8.92. The van der Waals surface area contributed by atoms with E-state index in [2.05, 4.69) is 37.2 Å². The van der Waals surface area contributed by atoms with Crippen molar-refractivity contribution in [3.05, 3.63) is 92.9 Å². The monoisotopic (exact) mass is 663 g/mol. The molecular formula is C28H31Br2N3O4S. The first-order valence-electron chi connectivity index (χ1n) is 12.2. The fourth-order valence-electron chi connectivity index (χ4n) is 3.74. The molecule has 202 valence electrons. The predicted octanol–water partition coefficient (Wildman–Crippen LogP) is 5.66. The molecule has 3 rings (SSSR count). The number of hydrogen-bond acceptors (Lipinski definition) is 4. The van der Waals surface area contributed by atoms with Crippen LogP contribution in [0.25, 0.3) is 0 Å². The van der Waals surface area contributed by atoms with Crippen molar-refractivity contribution in [2.75, 3.05) is 17.4 Å². The summed E-state index contributed by atoms with van der Waals surface area (Å²) in [5, 5.41) is 2.84. The van der Waals surface area contributed by atoms with E-state index in [1.165, 1.54) is 17.0 Å². The highest BCUT2D eigenvalue weighted by atomic mass is 79.9. The molecule has 0 aromatic heterocycles. The predicted molar refractivity (Wildman–Crippen MR) is 157 cm³/mol. The van der Waals surface area contributed by atoms with Gasteiger partial charge in [-0.1, -0.05) is 68.6 Å². The van der Waals surface area contributed by atoms with Crippen molar-refractivity contribution >= 4 is 59.4 Å². The molecule has 0 radical (unpaired) electrons. The molecule has 2 amide bonds. The molecule has 0 bridgehead atoms. The molecule has 3 aromatic rings. The SMILES string of the molecule is CCCNC(=O)C(C)N(Cc1ccc(Br)cc1)C(=O)CN(c1ccc(Br)cc1)S(=O)(=O)c1ccc(C)cc1. The maximum absolute atomic E-state index is 13.8. The largest absolute Gasteiger partial charge is 0.354 e. The highest BCUT2D eigenvalue weighted by Gasteiger charge is 2.32. The Morgan fingerprint density at radius 1 is 0.895 bits per heavy atom. The summed E-state index contributed by atoms with van der Waals surface area (Å²) in [7, 11) is -4.09. The number of aryl methyl sites for hydroxylation is 1. The van der Waals surface area contributed by atoms with Crippen molar-refractivity contribution in [2.24, 2.45) is 0 Å². The summed E-state index contributed by atoms with van der Waals surface area (Å²) in [6, 6.07) is 19.8. The third-order valence-electron chi connectivity index (χ3n) is 5.99. The fraction of sp³-hybridized carbons (Fsp3) is 0.286. The Morgan fingerprint density at radius 3 is 2.00 bits per heavy atom. The summed E-state index contributed by atoms with van der Waals surface area (Å²) in [6.07, 6.45) is 0.755. The molecule has 0 saturated heterocycles. The van der Waals surface area contributed by atoms with Crippen molar-refractivity contribution in [3.8, 4) is 0 Å². The molecule has 0 saturated carbocycles. The van der Waals surface area contributed by atoms with Crippen LogP contribution >= 0.6 is 31.9 Å². The van der Waals surface area contributed by atoms with Crippen LogP contribution in [0.3, 0.4) is 0 Å². The summed E-state index contributed by atoms with van der Waals surface area (Å²) < 4.78 is 30.3. The summed E-state index contributed by atoms with van der Waals surface area (Å²) in [5.41, 5.74) is 2.07. The Bertz CT molecular complexity index is 1350. The number of benzene rings is 3. The lowest BCUT2D eigenvalue weighted by Gasteiger charge is -2.32. The molecule has 1 unspecified atom stereocenters. The summed E-state index contributed by atoms with van der Waals surface area (Å²) >= 11 is 6.79. The topological polar surface area (TPSA) is 86.8 Å². The molecule has 0 heterocycles. The highest BCUT2D eigenvalue weighted by molar-refractivity contribution is 9.10. The number of carbonyl (C=O) groups is 2. The zero-order valence-electron chi connectivity index (χ0n) is 21.5. The van der Waals surface area contributed by atoms with E-state index in [1.54, 1.807) is 43.3 Å². The van der Waals surface area contributed by atoms with Crippen LogP contribution in [0.4, 0.5) is 5.69 Å². The van der Waals surface area contributed by atoms with Crippen LogP contribution in [-0.2, 0) is 26.2 Å². The first-order valence-corrected chi connectivity index (χ1v) is 15.2. The minimum absolute atomic E-state index is 0.0759. The lowest BCUT2D eigenvalue weighted by molar-refractivity contribution is -0.139. The van der Waals surface area contributed by atoms with Gasteiger partial charge >= 0.3 is 0 Å². The van der Waals surface area contributed by atoms with Crippen LogP contribution < -0.4 is 9.62 Å². The number of nitrogens with one attached hydrogen (secondary N) is 1. The van der Waals surface area contributed by atoms with E-state index in [-0.39, 0.29) is 17.3 Å². The second-order valence-corrected chi connectivity index (χ2v) is 12.6. The van der Waals surface area contributed by atoms with Crippen LogP contribution in [-0.4, -0.2) is 44.3 Å². The van der Waals surface area contributed by atoms with Gasteiger partial charge in [-0.3, -0.25) is 13.9 Å². The Balaban J connectivity index is 2.00. The lowest BCUT2D eigenvalue weighted by Crippen LogP contribution is -2.51. The highest BCUT2D eigenvalue weighted by Crippen LogP contribution is 2.26. The Labute approximate surface area is 241 Å². The standard InChI is InChI=1S/C28H31Br2N3O4S/c1-4-17-31-28(35)21(3)32(18-22-7-9-23(29)10-8-22)27(34)19-33(25-13-11-24(30)12-14-25)38(36,37)26-15-5-20(2)6-16-26/h5-16,21H,4,17-19H2,1-3H3,(H,31,35). The normalized spacial score (nSPS) is 12.0. The summed E-state index contributed by atoms with van der Waals surface area (Å²) in [6.45, 7) is 5.63.